The monoisotopic (exact) mass is 343 g/mol. The van der Waals surface area contributed by atoms with Gasteiger partial charge in [-0.05, 0) is 36.8 Å². The fraction of sp³-hybridized carbons (Fsp3) is 0.167. The van der Waals surface area contributed by atoms with E-state index in [0.29, 0.717) is 5.56 Å². The molecule has 1 aliphatic heterocycles. The second-order valence-corrected chi connectivity index (χ2v) is 7.48. The van der Waals surface area contributed by atoms with Gasteiger partial charge in [-0.3, -0.25) is 4.79 Å². The third-order valence-electron chi connectivity index (χ3n) is 3.93. The number of hydrogen-bond donors (Lipinski definition) is 1. The van der Waals surface area contributed by atoms with Crippen molar-refractivity contribution in [3.05, 3.63) is 77.9 Å². The molecule has 2 aromatic carbocycles. The second kappa shape index (κ2) is 6.32. The Morgan fingerprint density at radius 2 is 1.62 bits per heavy atom. The number of aliphatic hydroxyl groups excluding tert-OH is 1. The molecule has 0 aliphatic carbocycles. The minimum absolute atomic E-state index is 0.0381. The van der Waals surface area contributed by atoms with Gasteiger partial charge in [0.2, 0.25) is 10.0 Å². The van der Waals surface area contributed by atoms with Gasteiger partial charge in [0.05, 0.1) is 4.90 Å². The van der Waals surface area contributed by atoms with Crippen molar-refractivity contribution in [2.24, 2.45) is 0 Å². The zero-order valence-corrected chi connectivity index (χ0v) is 13.8. The number of carbonyl (C=O) groups is 1. The summed E-state index contributed by atoms with van der Waals surface area (Å²) in [5, 5.41) is 10.3. The van der Waals surface area contributed by atoms with Crippen molar-refractivity contribution >= 4 is 15.8 Å². The zero-order valence-electron chi connectivity index (χ0n) is 13.0. The molecule has 3 rings (SSSR count). The Balaban J connectivity index is 2.13. The first-order chi connectivity index (χ1) is 11.4. The van der Waals surface area contributed by atoms with Gasteiger partial charge >= 0.3 is 0 Å². The Morgan fingerprint density at radius 1 is 1.00 bits per heavy atom. The Bertz CT molecular complexity index is 873. The van der Waals surface area contributed by atoms with Crippen LogP contribution in [0.25, 0.3) is 0 Å². The highest BCUT2D eigenvalue weighted by atomic mass is 32.2. The molecule has 2 aromatic rings. The van der Waals surface area contributed by atoms with Gasteiger partial charge in [0.15, 0.2) is 5.78 Å². The molecular formula is C18H17NO4S. The summed E-state index contributed by atoms with van der Waals surface area (Å²) in [4.78, 5) is 12.4. The van der Waals surface area contributed by atoms with Crippen LogP contribution in [-0.2, 0) is 14.8 Å². The summed E-state index contributed by atoms with van der Waals surface area (Å²) in [6.45, 7) is 1.85. The molecule has 0 fully saturated rings. The lowest BCUT2D eigenvalue weighted by atomic mass is 10.00. The van der Waals surface area contributed by atoms with E-state index in [1.54, 1.807) is 42.5 Å². The summed E-state index contributed by atoms with van der Waals surface area (Å²) < 4.78 is 26.9. The molecule has 124 valence electrons. The van der Waals surface area contributed by atoms with E-state index >= 15 is 0 Å². The summed E-state index contributed by atoms with van der Waals surface area (Å²) in [6.07, 6.45) is 1.01. The number of nitrogens with zero attached hydrogens (tertiary/aromatic N) is 1. The van der Waals surface area contributed by atoms with E-state index in [1.807, 2.05) is 6.92 Å². The SMILES string of the molecule is Cc1ccc(S(=O)(=O)N2[C@@H](O)C=CC(=O)[C@H]2c2ccccc2)cc1. The van der Waals surface area contributed by atoms with E-state index in [-0.39, 0.29) is 10.7 Å². The van der Waals surface area contributed by atoms with Crippen LogP contribution in [0.4, 0.5) is 0 Å². The van der Waals surface area contributed by atoms with Gasteiger partial charge in [-0.25, -0.2) is 8.42 Å². The van der Waals surface area contributed by atoms with Crippen LogP contribution in [0.5, 0.6) is 0 Å². The van der Waals surface area contributed by atoms with Gasteiger partial charge in [0.25, 0.3) is 0 Å². The summed E-state index contributed by atoms with van der Waals surface area (Å²) >= 11 is 0. The van der Waals surface area contributed by atoms with Crippen LogP contribution in [-0.4, -0.2) is 29.8 Å². The van der Waals surface area contributed by atoms with E-state index in [1.165, 1.54) is 24.3 Å². The first-order valence-electron chi connectivity index (χ1n) is 7.46. The molecule has 0 amide bonds. The van der Waals surface area contributed by atoms with Crippen LogP contribution < -0.4 is 0 Å². The van der Waals surface area contributed by atoms with Gasteiger partial charge in [0.1, 0.15) is 12.3 Å². The minimum atomic E-state index is -4.05. The Kier molecular flexibility index (Phi) is 4.36. The number of aliphatic hydroxyl groups is 1. The highest BCUT2D eigenvalue weighted by Crippen LogP contribution is 2.33. The number of carbonyl (C=O) groups excluding carboxylic acids is 1. The normalized spacial score (nSPS) is 21.8. The van der Waals surface area contributed by atoms with Crippen molar-refractivity contribution in [1.29, 1.82) is 0 Å². The van der Waals surface area contributed by atoms with Gasteiger partial charge in [-0.2, -0.15) is 4.31 Å². The number of ketones is 1. The maximum Gasteiger partial charge on any atom is 0.246 e. The first kappa shape index (κ1) is 16.6. The van der Waals surface area contributed by atoms with Gasteiger partial charge in [-0.15, -0.1) is 0 Å². The van der Waals surface area contributed by atoms with E-state index in [4.69, 9.17) is 0 Å². The summed E-state index contributed by atoms with van der Waals surface area (Å²) in [7, 11) is -4.05. The largest absolute Gasteiger partial charge is 0.374 e. The number of hydrogen-bond acceptors (Lipinski definition) is 4. The molecule has 0 radical (unpaired) electrons. The van der Waals surface area contributed by atoms with Crippen LogP contribution in [0, 0.1) is 6.92 Å². The Labute approximate surface area is 140 Å². The lowest BCUT2D eigenvalue weighted by molar-refractivity contribution is -0.121. The van der Waals surface area contributed by atoms with Crippen molar-refractivity contribution in [2.75, 3.05) is 0 Å². The average molecular weight is 343 g/mol. The molecule has 1 heterocycles. The first-order valence-corrected chi connectivity index (χ1v) is 8.90. The van der Waals surface area contributed by atoms with Gasteiger partial charge < -0.3 is 5.11 Å². The topological polar surface area (TPSA) is 74.7 Å². The molecule has 6 heteroatoms. The number of benzene rings is 2. The molecule has 0 saturated carbocycles. The third-order valence-corrected chi connectivity index (χ3v) is 5.78. The van der Waals surface area contributed by atoms with Crippen molar-refractivity contribution in [3.63, 3.8) is 0 Å². The molecular weight excluding hydrogens is 326 g/mol. The molecule has 24 heavy (non-hydrogen) atoms. The summed E-state index contributed by atoms with van der Waals surface area (Å²) in [6, 6.07) is 13.8. The predicted molar refractivity (Wildman–Crippen MR) is 89.5 cm³/mol. The highest BCUT2D eigenvalue weighted by Gasteiger charge is 2.42. The maximum absolute atomic E-state index is 13.0. The van der Waals surface area contributed by atoms with Crippen LogP contribution in [0.3, 0.4) is 0 Å². The van der Waals surface area contributed by atoms with Crippen molar-refractivity contribution in [1.82, 2.24) is 4.31 Å². The Hall–Kier alpha value is -2.28. The lowest BCUT2D eigenvalue weighted by Gasteiger charge is -2.34. The highest BCUT2D eigenvalue weighted by molar-refractivity contribution is 7.89. The molecule has 0 aromatic heterocycles. The third kappa shape index (κ3) is 2.91. The molecule has 0 bridgehead atoms. The smallest absolute Gasteiger partial charge is 0.246 e. The van der Waals surface area contributed by atoms with Crippen LogP contribution >= 0.6 is 0 Å². The molecule has 2 atom stereocenters. The van der Waals surface area contributed by atoms with E-state index in [2.05, 4.69) is 0 Å². The average Bonchev–Trinajstić information content (AvgIpc) is 2.57. The molecule has 0 saturated heterocycles. The number of aryl methyl sites for hydroxylation is 1. The molecule has 0 unspecified atom stereocenters. The van der Waals surface area contributed by atoms with E-state index in [0.717, 1.165) is 9.87 Å². The van der Waals surface area contributed by atoms with E-state index in [9.17, 15) is 18.3 Å². The van der Waals surface area contributed by atoms with E-state index < -0.39 is 22.3 Å². The molecule has 0 spiro atoms. The van der Waals surface area contributed by atoms with Crippen LogP contribution in [0.15, 0.2) is 71.6 Å². The number of sulfonamides is 1. The minimum Gasteiger partial charge on any atom is -0.374 e. The fourth-order valence-corrected chi connectivity index (χ4v) is 4.28. The second-order valence-electron chi connectivity index (χ2n) is 5.64. The molecule has 5 nitrogen and oxygen atoms in total. The van der Waals surface area contributed by atoms with Gasteiger partial charge in [0, 0.05) is 0 Å². The molecule has 1 aliphatic rings. The Morgan fingerprint density at radius 3 is 2.25 bits per heavy atom. The van der Waals surface area contributed by atoms with Crippen molar-refractivity contribution < 1.29 is 18.3 Å². The number of rotatable bonds is 3. The molecule has 1 N–H and O–H groups in total. The summed E-state index contributed by atoms with van der Waals surface area (Å²) in [5.41, 5.74) is 1.44. The van der Waals surface area contributed by atoms with Crippen LogP contribution in [0.2, 0.25) is 0 Å². The summed E-state index contributed by atoms with van der Waals surface area (Å²) in [5.74, 6) is -0.387. The zero-order chi connectivity index (χ0) is 17.3. The van der Waals surface area contributed by atoms with Crippen molar-refractivity contribution in [2.45, 2.75) is 24.1 Å². The predicted octanol–water partition coefficient (Wildman–Crippen LogP) is 2.18. The van der Waals surface area contributed by atoms with Crippen LogP contribution in [0.1, 0.15) is 17.2 Å². The van der Waals surface area contributed by atoms with Gasteiger partial charge in [-0.1, -0.05) is 48.0 Å². The van der Waals surface area contributed by atoms with Crippen molar-refractivity contribution in [3.8, 4) is 0 Å². The maximum atomic E-state index is 13.0. The standard InChI is InChI=1S/C18H17NO4S/c1-13-7-9-15(10-8-13)24(22,23)19-17(21)12-11-16(20)18(19)14-5-3-2-4-6-14/h2-12,17-18,21H,1H3/t17-,18+/m0/s1. The fourth-order valence-electron chi connectivity index (χ4n) is 2.69. The lowest BCUT2D eigenvalue weighted by Crippen LogP contribution is -2.46. The quantitative estimate of drug-likeness (QED) is 0.927.